The highest BCUT2D eigenvalue weighted by atomic mass is 79.9. The lowest BCUT2D eigenvalue weighted by Gasteiger charge is -2.23. The number of nitrogens with zero attached hydrogens (tertiary/aromatic N) is 4. The zero-order chi connectivity index (χ0) is 20.7. The van der Waals surface area contributed by atoms with Crippen LogP contribution in [0.15, 0.2) is 57.2 Å². The third kappa shape index (κ3) is 3.44. The molecular formula is C22H19BrN4O2S. The average Bonchev–Trinajstić information content (AvgIpc) is 3.24. The van der Waals surface area contributed by atoms with E-state index in [0.717, 1.165) is 35.4 Å². The number of carbonyl (C=O) groups is 1. The topological polar surface area (TPSA) is 79.8 Å². The Kier molecular flexibility index (Phi) is 5.12. The number of hydrogen-bond acceptors (Lipinski definition) is 5. The van der Waals surface area contributed by atoms with Gasteiger partial charge in [-0.05, 0) is 43.2 Å². The van der Waals surface area contributed by atoms with E-state index in [4.69, 9.17) is 4.99 Å². The summed E-state index contributed by atoms with van der Waals surface area (Å²) in [4.78, 5) is 27.1. The maximum atomic E-state index is 12.8. The molecule has 2 aromatic heterocycles. The van der Waals surface area contributed by atoms with E-state index >= 15 is 0 Å². The lowest BCUT2D eigenvalue weighted by atomic mass is 9.95. The van der Waals surface area contributed by atoms with Gasteiger partial charge in [0.1, 0.15) is 4.88 Å². The molecule has 0 unspecified atom stereocenters. The third-order valence-electron chi connectivity index (χ3n) is 5.53. The molecule has 8 heteroatoms. The van der Waals surface area contributed by atoms with Gasteiger partial charge in [0, 0.05) is 21.9 Å². The monoisotopic (exact) mass is 482 g/mol. The number of halogens is 1. The molecule has 6 nitrogen and oxygen atoms in total. The van der Waals surface area contributed by atoms with Crippen molar-refractivity contribution in [1.82, 2.24) is 9.55 Å². The lowest BCUT2D eigenvalue weighted by Crippen LogP contribution is -2.23. The molecule has 1 fully saturated rings. The smallest absolute Gasteiger partial charge is 0.279 e. The minimum Gasteiger partial charge on any atom is -0.493 e. The predicted molar refractivity (Wildman–Crippen MR) is 118 cm³/mol. The van der Waals surface area contributed by atoms with Crippen molar-refractivity contribution in [3.05, 3.63) is 67.5 Å². The van der Waals surface area contributed by atoms with Gasteiger partial charge in [-0.15, -0.1) is 0 Å². The number of amides is 1. The Morgan fingerprint density at radius 1 is 1.20 bits per heavy atom. The van der Waals surface area contributed by atoms with Crippen LogP contribution in [-0.4, -0.2) is 20.6 Å². The van der Waals surface area contributed by atoms with Gasteiger partial charge in [0.25, 0.3) is 5.91 Å². The van der Waals surface area contributed by atoms with Crippen molar-refractivity contribution in [2.24, 2.45) is 9.98 Å². The molecule has 0 saturated heterocycles. The Hall–Kier alpha value is -2.58. The van der Waals surface area contributed by atoms with Crippen LogP contribution in [0.25, 0.3) is 5.57 Å². The minimum absolute atomic E-state index is 0.0981. The zero-order valence-electron chi connectivity index (χ0n) is 16.1. The molecule has 0 spiro atoms. The molecule has 5 rings (SSSR count). The van der Waals surface area contributed by atoms with E-state index in [9.17, 15) is 9.90 Å². The van der Waals surface area contributed by atoms with Crippen molar-refractivity contribution in [3.8, 4) is 5.88 Å². The first kappa shape index (κ1) is 19.4. The molecule has 0 bridgehead atoms. The van der Waals surface area contributed by atoms with E-state index in [1.165, 1.54) is 17.8 Å². The maximum Gasteiger partial charge on any atom is 0.279 e. The summed E-state index contributed by atoms with van der Waals surface area (Å²) < 4.78 is 2.77. The fraction of sp³-hybridized carbons (Fsp3) is 0.273. The Balaban J connectivity index is 1.77. The second-order valence-corrected chi connectivity index (χ2v) is 9.37. The summed E-state index contributed by atoms with van der Waals surface area (Å²) in [5, 5.41) is 12.6. The van der Waals surface area contributed by atoms with E-state index in [-0.39, 0.29) is 17.8 Å². The van der Waals surface area contributed by atoms with Crippen LogP contribution in [0, 0.1) is 0 Å². The van der Waals surface area contributed by atoms with E-state index in [1.54, 1.807) is 12.4 Å². The van der Waals surface area contributed by atoms with E-state index in [0.29, 0.717) is 26.3 Å². The molecular weight excluding hydrogens is 464 g/mol. The van der Waals surface area contributed by atoms with Crippen molar-refractivity contribution in [2.75, 3.05) is 0 Å². The molecule has 0 atom stereocenters. The van der Waals surface area contributed by atoms with Crippen molar-refractivity contribution < 1.29 is 9.90 Å². The highest BCUT2D eigenvalue weighted by molar-refractivity contribution is 9.10. The molecule has 3 aromatic rings. The Labute approximate surface area is 185 Å². The summed E-state index contributed by atoms with van der Waals surface area (Å²) in [6.45, 7) is 0. The number of rotatable bonds is 3. The van der Waals surface area contributed by atoms with Crippen LogP contribution in [0.1, 0.15) is 43.0 Å². The third-order valence-corrected chi connectivity index (χ3v) is 7.09. The van der Waals surface area contributed by atoms with Gasteiger partial charge in [0.15, 0.2) is 4.80 Å². The van der Waals surface area contributed by atoms with Crippen molar-refractivity contribution in [1.29, 1.82) is 0 Å². The molecule has 1 saturated carbocycles. The number of benzene rings is 1. The maximum absolute atomic E-state index is 12.8. The summed E-state index contributed by atoms with van der Waals surface area (Å²) >= 11 is 4.80. The van der Waals surface area contributed by atoms with Gasteiger partial charge in [-0.1, -0.05) is 46.5 Å². The Morgan fingerprint density at radius 2 is 2.03 bits per heavy atom. The Bertz CT molecular complexity index is 1320. The van der Waals surface area contributed by atoms with Gasteiger partial charge < -0.3 is 5.11 Å². The zero-order valence-corrected chi connectivity index (χ0v) is 18.5. The van der Waals surface area contributed by atoms with Gasteiger partial charge in [0.2, 0.25) is 5.88 Å². The number of fused-ring (bicyclic) bond motifs is 1. The summed E-state index contributed by atoms with van der Waals surface area (Å²) in [5.41, 5.74) is 1.15. The second-order valence-electron chi connectivity index (χ2n) is 7.48. The molecule has 1 aliphatic heterocycles. The summed E-state index contributed by atoms with van der Waals surface area (Å²) in [6.07, 6.45) is 8.82. The molecule has 0 radical (unpaired) electrons. The number of pyridine rings is 1. The van der Waals surface area contributed by atoms with Gasteiger partial charge >= 0.3 is 0 Å². The molecule has 30 heavy (non-hydrogen) atoms. The standard InChI is InChI=1S/C22H19BrN4O2S/c23-13-8-9-17-16(11-13)18(20(28)26-17)19-21(29)27(15-6-2-1-3-7-15)22(30-19)25-14-5-4-10-24-12-14/h4-5,8-12,15,29H,1-3,6-7H2. The molecule has 1 aromatic carbocycles. The normalized spacial score (nSPS) is 17.3. The Morgan fingerprint density at radius 3 is 2.80 bits per heavy atom. The van der Waals surface area contributed by atoms with Gasteiger partial charge in [-0.2, -0.15) is 0 Å². The van der Waals surface area contributed by atoms with Crippen LogP contribution in [0.2, 0.25) is 0 Å². The van der Waals surface area contributed by atoms with Crippen molar-refractivity contribution in [3.63, 3.8) is 0 Å². The van der Waals surface area contributed by atoms with Crippen LogP contribution in [-0.2, 0) is 4.79 Å². The van der Waals surface area contributed by atoms with Crippen LogP contribution in [0.3, 0.4) is 0 Å². The average molecular weight is 483 g/mol. The number of aromatic nitrogens is 2. The van der Waals surface area contributed by atoms with Crippen LogP contribution < -0.4 is 15.4 Å². The highest BCUT2D eigenvalue weighted by Gasteiger charge is 2.28. The lowest BCUT2D eigenvalue weighted by molar-refractivity contribution is -0.112. The SMILES string of the molecule is O=C1N=c2ccc(Br)cc2=C1c1sc(=Nc2cccnc2)n(C2CCCCC2)c1O. The fourth-order valence-electron chi connectivity index (χ4n) is 4.13. The predicted octanol–water partition coefficient (Wildman–Crippen LogP) is 3.51. The second kappa shape index (κ2) is 7.92. The first-order valence-electron chi connectivity index (χ1n) is 9.94. The molecule has 152 valence electrons. The van der Waals surface area contributed by atoms with Crippen molar-refractivity contribution >= 4 is 44.4 Å². The van der Waals surface area contributed by atoms with Gasteiger partial charge in [0.05, 0.1) is 22.8 Å². The van der Waals surface area contributed by atoms with Crippen LogP contribution >= 0.6 is 27.3 Å². The van der Waals surface area contributed by atoms with Gasteiger partial charge in [-0.3, -0.25) is 14.3 Å². The minimum atomic E-state index is -0.330. The van der Waals surface area contributed by atoms with Crippen LogP contribution in [0.5, 0.6) is 5.88 Å². The number of carbonyl (C=O) groups excluding carboxylic acids is 1. The van der Waals surface area contributed by atoms with Crippen LogP contribution in [0.4, 0.5) is 5.69 Å². The van der Waals surface area contributed by atoms with E-state index < -0.39 is 0 Å². The van der Waals surface area contributed by atoms with Gasteiger partial charge in [-0.25, -0.2) is 9.98 Å². The van der Waals surface area contributed by atoms with Crippen molar-refractivity contribution in [2.45, 2.75) is 38.1 Å². The fourth-order valence-corrected chi connectivity index (χ4v) is 5.65. The summed E-state index contributed by atoms with van der Waals surface area (Å²) in [7, 11) is 0. The first-order chi connectivity index (χ1) is 14.6. The number of hydrogen-bond donors (Lipinski definition) is 1. The first-order valence-corrected chi connectivity index (χ1v) is 11.5. The summed E-state index contributed by atoms with van der Waals surface area (Å²) in [6, 6.07) is 9.42. The quantitative estimate of drug-likeness (QED) is 0.620. The molecule has 1 N–H and O–H groups in total. The number of aromatic hydroxyl groups is 1. The molecule has 3 heterocycles. The summed E-state index contributed by atoms with van der Waals surface area (Å²) in [5.74, 6) is -0.232. The highest BCUT2D eigenvalue weighted by Crippen LogP contribution is 2.36. The largest absolute Gasteiger partial charge is 0.493 e. The van der Waals surface area contributed by atoms with E-state index in [2.05, 4.69) is 25.9 Å². The molecule has 1 amide bonds. The molecule has 2 aliphatic rings. The molecule has 1 aliphatic carbocycles. The van der Waals surface area contributed by atoms with E-state index in [1.807, 2.05) is 34.9 Å². The number of thiazole rings is 1.